The van der Waals surface area contributed by atoms with Crippen molar-refractivity contribution in [3.05, 3.63) is 58.8 Å². The van der Waals surface area contributed by atoms with Crippen LogP contribution in [0.5, 0.6) is 0 Å². The topological polar surface area (TPSA) is 69.9 Å². The number of aromatic nitrogens is 1. The number of hydrogen-bond donors (Lipinski definition) is 1. The molecule has 0 unspecified atom stereocenters. The second-order valence-corrected chi connectivity index (χ2v) is 10.0. The van der Waals surface area contributed by atoms with Crippen molar-refractivity contribution in [3.63, 3.8) is 0 Å². The second kappa shape index (κ2) is 8.44. The molecule has 0 radical (unpaired) electrons. The number of amides is 2. The van der Waals surface area contributed by atoms with Gasteiger partial charge in [0.15, 0.2) is 5.11 Å². The first-order chi connectivity index (χ1) is 16.0. The highest BCUT2D eigenvalue weighted by atomic mass is 32.1. The van der Waals surface area contributed by atoms with Crippen LogP contribution in [0.25, 0.3) is 4.85 Å². The molecule has 1 saturated heterocycles. The van der Waals surface area contributed by atoms with Crippen LogP contribution in [0.4, 0.5) is 21.6 Å². The molecule has 1 atom stereocenters. The fraction of sp³-hybridized carbons (Fsp3) is 0.400. The van der Waals surface area contributed by atoms with Crippen LogP contribution >= 0.6 is 12.2 Å². The van der Waals surface area contributed by atoms with E-state index in [0.29, 0.717) is 29.8 Å². The molecule has 1 aliphatic heterocycles. The summed E-state index contributed by atoms with van der Waals surface area (Å²) in [4.78, 5) is 36.9. The minimum atomic E-state index is -0.980. The van der Waals surface area contributed by atoms with Crippen molar-refractivity contribution in [1.82, 2.24) is 10.3 Å². The van der Waals surface area contributed by atoms with Gasteiger partial charge < -0.3 is 15.1 Å². The van der Waals surface area contributed by atoms with Gasteiger partial charge in [-0.15, -0.1) is 4.98 Å². The van der Waals surface area contributed by atoms with Crippen molar-refractivity contribution in [1.29, 1.82) is 0 Å². The van der Waals surface area contributed by atoms with E-state index in [1.54, 1.807) is 24.0 Å². The Labute approximate surface area is 203 Å². The number of nitrogens with one attached hydrogen (secondary N) is 1. The van der Waals surface area contributed by atoms with Gasteiger partial charge in [0.1, 0.15) is 17.6 Å². The molecule has 2 heterocycles. The Kier molecular flexibility index (Phi) is 5.90. The van der Waals surface area contributed by atoms with Gasteiger partial charge in [0.25, 0.3) is 17.6 Å². The molecule has 1 aromatic carbocycles. The number of rotatable bonds is 3. The van der Waals surface area contributed by atoms with Crippen LogP contribution in [-0.4, -0.2) is 34.5 Å². The zero-order valence-corrected chi connectivity index (χ0v) is 20.4. The van der Waals surface area contributed by atoms with E-state index in [1.807, 2.05) is 0 Å². The number of thiocarbonyl (C=S) groups is 1. The molecule has 7 nitrogen and oxygen atoms in total. The molecule has 9 heteroatoms. The van der Waals surface area contributed by atoms with Crippen LogP contribution in [0.2, 0.25) is 0 Å². The molecule has 176 valence electrons. The molecule has 2 fully saturated rings. The number of nitrogens with zero attached hydrogens (tertiary/aromatic N) is 4. The molecule has 2 amide bonds. The van der Waals surface area contributed by atoms with E-state index in [9.17, 15) is 14.0 Å². The quantitative estimate of drug-likeness (QED) is 0.500. The number of anilines is 2. The Bertz CT molecular complexity index is 1250. The number of carbonyl (C=O) groups is 2. The number of carbonyl (C=O) groups excluding carboxylic acids is 2. The summed E-state index contributed by atoms with van der Waals surface area (Å²) in [5.74, 6) is -1.13. The zero-order valence-electron chi connectivity index (χ0n) is 19.6. The van der Waals surface area contributed by atoms with E-state index in [-0.39, 0.29) is 27.8 Å². The Balaban J connectivity index is 1.87. The molecule has 4 rings (SSSR count). The SMILES string of the molecule is [C-]#[N+]c1ncc(N2C(=O)[C@]3(CCCC(C)(C)C3)N(c3ccc(C(=O)NC)c(F)c3)C2=S)cc1C. The predicted octanol–water partition coefficient (Wildman–Crippen LogP) is 4.92. The number of hydrogen-bond acceptors (Lipinski definition) is 4. The standard InChI is InChI=1S/C25H26FN5O2S/c1-15-11-17(13-29-20(15)27-4)30-22(33)25(10-6-9-24(2,3)14-25)31(23(30)34)16-7-8-18(19(26)12-16)21(32)28-5/h7-8,11-13H,6,9-10,14H2,1-3,5H3,(H,28,32)/t25-/m1/s1. The van der Waals surface area contributed by atoms with Gasteiger partial charge in [-0.25, -0.2) is 4.39 Å². The average molecular weight is 480 g/mol. The Morgan fingerprint density at radius 3 is 2.59 bits per heavy atom. The lowest BCUT2D eigenvalue weighted by molar-refractivity contribution is -0.123. The minimum Gasteiger partial charge on any atom is -0.360 e. The van der Waals surface area contributed by atoms with E-state index in [0.717, 1.165) is 12.8 Å². The van der Waals surface area contributed by atoms with Crippen molar-refractivity contribution >= 4 is 46.3 Å². The monoisotopic (exact) mass is 479 g/mol. The van der Waals surface area contributed by atoms with Crippen molar-refractivity contribution < 1.29 is 14.0 Å². The van der Waals surface area contributed by atoms with Crippen LogP contribution in [0, 0.1) is 24.7 Å². The van der Waals surface area contributed by atoms with Crippen molar-refractivity contribution in [2.24, 2.45) is 5.41 Å². The largest absolute Gasteiger partial charge is 0.360 e. The average Bonchev–Trinajstić information content (AvgIpc) is 2.97. The fourth-order valence-electron chi connectivity index (χ4n) is 5.21. The summed E-state index contributed by atoms with van der Waals surface area (Å²) in [5.41, 5.74) is 0.360. The molecule has 1 spiro atoms. The molecule has 1 N–H and O–H groups in total. The van der Waals surface area contributed by atoms with Gasteiger partial charge in [-0.2, -0.15) is 0 Å². The summed E-state index contributed by atoms with van der Waals surface area (Å²) in [7, 11) is 1.44. The third-order valence-electron chi connectivity index (χ3n) is 6.71. The van der Waals surface area contributed by atoms with Gasteiger partial charge >= 0.3 is 0 Å². The van der Waals surface area contributed by atoms with Crippen LogP contribution in [-0.2, 0) is 4.79 Å². The lowest BCUT2D eigenvalue weighted by atomic mass is 9.67. The van der Waals surface area contributed by atoms with Crippen LogP contribution in [0.1, 0.15) is 55.5 Å². The van der Waals surface area contributed by atoms with E-state index < -0.39 is 17.3 Å². The molecule has 34 heavy (non-hydrogen) atoms. The van der Waals surface area contributed by atoms with Gasteiger partial charge in [-0.3, -0.25) is 14.5 Å². The maximum absolute atomic E-state index is 15.0. The van der Waals surface area contributed by atoms with Gasteiger partial charge in [-0.1, -0.05) is 26.8 Å². The Morgan fingerprint density at radius 1 is 1.26 bits per heavy atom. The summed E-state index contributed by atoms with van der Waals surface area (Å²) < 4.78 is 15.0. The summed E-state index contributed by atoms with van der Waals surface area (Å²) in [6.07, 6.45) is 4.37. The number of halogens is 1. The molecule has 1 aromatic heterocycles. The maximum atomic E-state index is 15.0. The Hall–Kier alpha value is -3.38. The molecule has 2 aromatic rings. The summed E-state index contributed by atoms with van der Waals surface area (Å²) in [6.45, 7) is 13.3. The van der Waals surface area contributed by atoms with Crippen LogP contribution < -0.4 is 15.1 Å². The van der Waals surface area contributed by atoms with Gasteiger partial charge in [0.2, 0.25) is 0 Å². The molecule has 2 aliphatic rings. The molecule has 0 bridgehead atoms. The predicted molar refractivity (Wildman–Crippen MR) is 133 cm³/mol. The lowest BCUT2D eigenvalue weighted by Crippen LogP contribution is -2.54. The molecule has 1 aliphatic carbocycles. The normalized spacial score (nSPS) is 21.6. The second-order valence-electron chi connectivity index (χ2n) is 9.67. The summed E-state index contributed by atoms with van der Waals surface area (Å²) in [5, 5.41) is 2.66. The highest BCUT2D eigenvalue weighted by molar-refractivity contribution is 7.81. The number of benzene rings is 1. The lowest BCUT2D eigenvalue weighted by Gasteiger charge is -2.45. The molecular weight excluding hydrogens is 453 g/mol. The van der Waals surface area contributed by atoms with Gasteiger partial charge in [0.05, 0.1) is 11.3 Å². The highest BCUT2D eigenvalue weighted by Crippen LogP contribution is 2.50. The van der Waals surface area contributed by atoms with Crippen molar-refractivity contribution in [2.45, 2.75) is 52.0 Å². The zero-order chi connectivity index (χ0) is 24.8. The van der Waals surface area contributed by atoms with Crippen LogP contribution in [0.15, 0.2) is 30.5 Å². The summed E-state index contributed by atoms with van der Waals surface area (Å²) in [6, 6.07) is 6.04. The van der Waals surface area contributed by atoms with Gasteiger partial charge in [0, 0.05) is 12.7 Å². The fourth-order valence-corrected chi connectivity index (χ4v) is 5.68. The van der Waals surface area contributed by atoms with Gasteiger partial charge in [-0.05, 0) is 73.6 Å². The van der Waals surface area contributed by atoms with E-state index in [1.165, 1.54) is 30.3 Å². The first-order valence-electron chi connectivity index (χ1n) is 11.1. The van der Waals surface area contributed by atoms with E-state index >= 15 is 0 Å². The smallest absolute Gasteiger partial charge is 0.272 e. The third-order valence-corrected chi connectivity index (χ3v) is 7.07. The minimum absolute atomic E-state index is 0.0767. The first-order valence-corrected chi connectivity index (χ1v) is 11.5. The summed E-state index contributed by atoms with van der Waals surface area (Å²) >= 11 is 5.83. The maximum Gasteiger partial charge on any atom is 0.272 e. The molecular formula is C25H26FN5O2S. The third kappa shape index (κ3) is 3.72. The van der Waals surface area contributed by atoms with Crippen molar-refractivity contribution in [3.8, 4) is 0 Å². The number of pyridine rings is 1. The van der Waals surface area contributed by atoms with E-state index in [2.05, 4.69) is 29.0 Å². The highest BCUT2D eigenvalue weighted by Gasteiger charge is 2.59. The number of aryl methyl sites for hydroxylation is 1. The van der Waals surface area contributed by atoms with Crippen molar-refractivity contribution in [2.75, 3.05) is 16.8 Å². The van der Waals surface area contributed by atoms with E-state index in [4.69, 9.17) is 18.8 Å². The Morgan fingerprint density at radius 2 is 2.00 bits per heavy atom. The molecule has 1 saturated carbocycles. The first kappa shape index (κ1) is 23.8. The van der Waals surface area contributed by atoms with Crippen LogP contribution in [0.3, 0.4) is 0 Å².